The summed E-state index contributed by atoms with van der Waals surface area (Å²) in [6.07, 6.45) is 4.18. The number of amides is 1. The van der Waals surface area contributed by atoms with Crippen LogP contribution in [0, 0.1) is 18.7 Å². The molecule has 0 spiro atoms. The van der Waals surface area contributed by atoms with Gasteiger partial charge >= 0.3 is 0 Å². The first-order valence-electron chi connectivity index (χ1n) is 11.0. The molecule has 0 saturated carbocycles. The molecule has 1 unspecified atom stereocenters. The zero-order chi connectivity index (χ0) is 22.3. The second-order valence-corrected chi connectivity index (χ2v) is 8.19. The van der Waals surface area contributed by atoms with Crippen molar-refractivity contribution in [2.45, 2.75) is 26.2 Å². The molecule has 2 N–H and O–H groups in total. The number of hydrogen-bond donors (Lipinski definition) is 2. The van der Waals surface area contributed by atoms with Crippen molar-refractivity contribution in [2.24, 2.45) is 5.92 Å². The number of aryl methyl sites for hydroxylation is 1. The fourth-order valence-electron chi connectivity index (χ4n) is 3.85. The number of halogens is 1. The van der Waals surface area contributed by atoms with Gasteiger partial charge in [-0.3, -0.25) is 4.79 Å². The van der Waals surface area contributed by atoms with Crippen molar-refractivity contribution in [2.75, 3.05) is 29.9 Å². The van der Waals surface area contributed by atoms with E-state index in [1.165, 1.54) is 17.7 Å². The van der Waals surface area contributed by atoms with Gasteiger partial charge in [-0.2, -0.15) is 4.98 Å². The average molecular weight is 434 g/mol. The zero-order valence-electron chi connectivity index (χ0n) is 18.2. The maximum Gasteiger partial charge on any atom is 0.227 e. The number of hydrogen-bond acceptors (Lipinski definition) is 5. The van der Waals surface area contributed by atoms with Gasteiger partial charge in [0.05, 0.1) is 5.92 Å². The zero-order valence-corrected chi connectivity index (χ0v) is 18.2. The summed E-state index contributed by atoms with van der Waals surface area (Å²) in [6, 6.07) is 16.4. The van der Waals surface area contributed by atoms with Crippen LogP contribution in [0.4, 0.5) is 21.8 Å². The summed E-state index contributed by atoms with van der Waals surface area (Å²) in [6.45, 7) is 4.01. The third kappa shape index (κ3) is 5.81. The Kier molecular flexibility index (Phi) is 6.94. The van der Waals surface area contributed by atoms with Gasteiger partial charge in [-0.05, 0) is 62.1 Å². The van der Waals surface area contributed by atoms with E-state index in [1.54, 1.807) is 18.3 Å². The molecule has 1 fully saturated rings. The van der Waals surface area contributed by atoms with Crippen molar-refractivity contribution < 1.29 is 9.18 Å². The maximum atomic E-state index is 13.0. The number of aromatic nitrogens is 2. The Bertz CT molecular complexity index is 1040. The Morgan fingerprint density at radius 2 is 1.91 bits per heavy atom. The number of carbonyl (C=O) groups excluding carboxylic acids is 1. The van der Waals surface area contributed by atoms with Gasteiger partial charge in [-0.25, -0.2) is 9.37 Å². The van der Waals surface area contributed by atoms with Crippen molar-refractivity contribution in [3.63, 3.8) is 0 Å². The van der Waals surface area contributed by atoms with E-state index in [0.717, 1.165) is 36.5 Å². The van der Waals surface area contributed by atoms with Crippen molar-refractivity contribution in [1.82, 2.24) is 15.3 Å². The predicted molar refractivity (Wildman–Crippen MR) is 125 cm³/mol. The van der Waals surface area contributed by atoms with Crippen LogP contribution < -0.4 is 15.5 Å². The van der Waals surface area contributed by atoms with Gasteiger partial charge in [0.25, 0.3) is 0 Å². The van der Waals surface area contributed by atoms with Gasteiger partial charge < -0.3 is 15.5 Å². The van der Waals surface area contributed by atoms with Crippen LogP contribution in [0.1, 0.15) is 24.0 Å². The minimum Gasteiger partial charge on any atom is -0.355 e. The summed E-state index contributed by atoms with van der Waals surface area (Å²) in [5, 5.41) is 6.33. The third-order valence-electron chi connectivity index (χ3n) is 5.67. The van der Waals surface area contributed by atoms with Gasteiger partial charge in [-0.15, -0.1) is 0 Å². The molecule has 1 aliphatic rings. The number of benzene rings is 2. The van der Waals surface area contributed by atoms with E-state index in [9.17, 15) is 9.18 Å². The summed E-state index contributed by atoms with van der Waals surface area (Å²) in [7, 11) is 0. The molecule has 2 heterocycles. The largest absolute Gasteiger partial charge is 0.355 e. The highest BCUT2D eigenvalue weighted by molar-refractivity contribution is 5.79. The number of anilines is 3. The van der Waals surface area contributed by atoms with Gasteiger partial charge in [-0.1, -0.05) is 29.8 Å². The van der Waals surface area contributed by atoms with Crippen LogP contribution >= 0.6 is 0 Å². The van der Waals surface area contributed by atoms with Crippen LogP contribution in [0.15, 0.2) is 60.8 Å². The first-order chi connectivity index (χ1) is 15.6. The van der Waals surface area contributed by atoms with Crippen molar-refractivity contribution >= 4 is 23.4 Å². The Balaban J connectivity index is 1.32. The Morgan fingerprint density at radius 1 is 1.12 bits per heavy atom. The monoisotopic (exact) mass is 433 g/mol. The van der Waals surface area contributed by atoms with Crippen molar-refractivity contribution in [3.8, 4) is 0 Å². The number of piperidine rings is 1. The second-order valence-electron chi connectivity index (χ2n) is 8.19. The van der Waals surface area contributed by atoms with E-state index in [0.29, 0.717) is 25.5 Å². The molecular formula is C25H28FN5O. The molecule has 166 valence electrons. The normalized spacial score (nSPS) is 15.9. The molecule has 4 rings (SSSR count). The lowest BCUT2D eigenvalue weighted by Crippen LogP contribution is -2.44. The molecule has 0 radical (unpaired) electrons. The van der Waals surface area contributed by atoms with Crippen LogP contribution in [0.2, 0.25) is 0 Å². The molecule has 1 atom stereocenters. The molecule has 1 amide bonds. The highest BCUT2D eigenvalue weighted by Gasteiger charge is 2.27. The highest BCUT2D eigenvalue weighted by Crippen LogP contribution is 2.22. The van der Waals surface area contributed by atoms with Crippen LogP contribution in [-0.4, -0.2) is 35.5 Å². The molecule has 0 bridgehead atoms. The molecule has 3 aromatic rings. The van der Waals surface area contributed by atoms with E-state index >= 15 is 0 Å². The standard InChI is InChI=1S/C25H28FN5O/c1-18-4-10-22(11-5-18)29-23-13-15-28-25(30-23)31-16-2-3-20(17-31)24(32)27-14-12-19-6-8-21(26)9-7-19/h4-11,13,15,20H,2-3,12,14,16-17H2,1H3,(H,27,32)(H,28,29,30). The number of carbonyl (C=O) groups is 1. The smallest absolute Gasteiger partial charge is 0.227 e. The molecule has 1 aromatic heterocycles. The Hall–Kier alpha value is -3.48. The summed E-state index contributed by atoms with van der Waals surface area (Å²) in [5.41, 5.74) is 3.18. The third-order valence-corrected chi connectivity index (χ3v) is 5.67. The summed E-state index contributed by atoms with van der Waals surface area (Å²) in [5.74, 6) is 1.05. The van der Waals surface area contributed by atoms with E-state index in [4.69, 9.17) is 0 Å². The minimum atomic E-state index is -0.250. The minimum absolute atomic E-state index is 0.0470. The second kappa shape index (κ2) is 10.2. The summed E-state index contributed by atoms with van der Waals surface area (Å²) < 4.78 is 13.0. The average Bonchev–Trinajstić information content (AvgIpc) is 2.82. The van der Waals surface area contributed by atoms with E-state index in [-0.39, 0.29) is 17.6 Å². The van der Waals surface area contributed by atoms with Gasteiger partial charge in [0.15, 0.2) is 0 Å². The molecule has 1 aliphatic heterocycles. The molecule has 32 heavy (non-hydrogen) atoms. The number of nitrogens with zero attached hydrogens (tertiary/aromatic N) is 3. The maximum absolute atomic E-state index is 13.0. The Morgan fingerprint density at radius 3 is 2.69 bits per heavy atom. The van der Waals surface area contributed by atoms with Crippen LogP contribution in [0.5, 0.6) is 0 Å². The first kappa shape index (κ1) is 21.7. The number of rotatable bonds is 7. The molecule has 2 aromatic carbocycles. The predicted octanol–water partition coefficient (Wildman–Crippen LogP) is 4.24. The molecule has 7 heteroatoms. The fourth-order valence-corrected chi connectivity index (χ4v) is 3.85. The summed E-state index contributed by atoms with van der Waals surface area (Å²) in [4.78, 5) is 23.9. The molecular weight excluding hydrogens is 405 g/mol. The highest BCUT2D eigenvalue weighted by atomic mass is 19.1. The van der Waals surface area contributed by atoms with Crippen LogP contribution in [0.25, 0.3) is 0 Å². The van der Waals surface area contributed by atoms with Crippen molar-refractivity contribution in [3.05, 3.63) is 77.7 Å². The van der Waals surface area contributed by atoms with E-state index in [1.807, 2.05) is 30.3 Å². The van der Waals surface area contributed by atoms with E-state index in [2.05, 4.69) is 32.4 Å². The Labute approximate surface area is 187 Å². The van der Waals surface area contributed by atoms with Crippen molar-refractivity contribution in [1.29, 1.82) is 0 Å². The quantitative estimate of drug-likeness (QED) is 0.583. The molecule has 0 aliphatic carbocycles. The SMILES string of the molecule is Cc1ccc(Nc2ccnc(N3CCCC(C(=O)NCCc4ccc(F)cc4)C3)n2)cc1. The van der Waals surface area contributed by atoms with Gasteiger partial charge in [0.2, 0.25) is 11.9 Å². The lowest BCUT2D eigenvalue weighted by Gasteiger charge is -2.32. The van der Waals surface area contributed by atoms with Gasteiger partial charge in [0, 0.05) is 31.5 Å². The van der Waals surface area contributed by atoms with Crippen LogP contribution in [0.3, 0.4) is 0 Å². The topological polar surface area (TPSA) is 70.2 Å². The lowest BCUT2D eigenvalue weighted by atomic mass is 9.97. The lowest BCUT2D eigenvalue weighted by molar-refractivity contribution is -0.125. The number of nitrogens with one attached hydrogen (secondary N) is 2. The van der Waals surface area contributed by atoms with Crippen LogP contribution in [-0.2, 0) is 11.2 Å². The summed E-state index contributed by atoms with van der Waals surface area (Å²) >= 11 is 0. The van der Waals surface area contributed by atoms with Gasteiger partial charge in [0.1, 0.15) is 11.6 Å². The first-order valence-corrected chi connectivity index (χ1v) is 11.0. The molecule has 6 nitrogen and oxygen atoms in total. The fraction of sp³-hybridized carbons (Fsp3) is 0.320. The molecule has 1 saturated heterocycles. The van der Waals surface area contributed by atoms with E-state index < -0.39 is 0 Å².